The Morgan fingerprint density at radius 3 is 2.50 bits per heavy atom. The van der Waals surface area contributed by atoms with Crippen molar-refractivity contribution in [1.29, 1.82) is 0 Å². The molecular formula is C23H20FN7O. The maximum absolute atomic E-state index is 13.0. The number of ether oxygens (including phenoxy) is 1. The summed E-state index contributed by atoms with van der Waals surface area (Å²) in [6.07, 6.45) is 2.88. The Balaban J connectivity index is 1.42. The monoisotopic (exact) mass is 429 g/mol. The van der Waals surface area contributed by atoms with E-state index in [0.717, 1.165) is 22.4 Å². The third-order valence-electron chi connectivity index (χ3n) is 4.71. The van der Waals surface area contributed by atoms with Crippen LogP contribution in [0, 0.1) is 12.4 Å². The molecule has 4 aromatic rings. The van der Waals surface area contributed by atoms with Gasteiger partial charge in [-0.2, -0.15) is 5.10 Å². The molecule has 0 bridgehead atoms. The summed E-state index contributed by atoms with van der Waals surface area (Å²) in [6, 6.07) is 14.2. The molecule has 4 rings (SSSR count). The number of anilines is 2. The van der Waals surface area contributed by atoms with E-state index in [-0.39, 0.29) is 11.6 Å². The second-order valence-corrected chi connectivity index (χ2v) is 6.93. The topological polar surface area (TPSA) is 92.1 Å². The molecule has 0 atom stereocenters. The van der Waals surface area contributed by atoms with Crippen LogP contribution in [0.25, 0.3) is 16.1 Å². The van der Waals surface area contributed by atoms with Crippen LogP contribution in [0.1, 0.15) is 11.1 Å². The third-order valence-corrected chi connectivity index (χ3v) is 4.71. The van der Waals surface area contributed by atoms with E-state index in [2.05, 4.69) is 35.6 Å². The number of hydrogen-bond donors (Lipinski definition) is 3. The van der Waals surface area contributed by atoms with Crippen LogP contribution in [0.15, 0.2) is 60.9 Å². The summed E-state index contributed by atoms with van der Waals surface area (Å²) >= 11 is 0. The number of aromatic nitrogens is 4. The highest BCUT2D eigenvalue weighted by atomic mass is 19.1. The van der Waals surface area contributed by atoms with Crippen LogP contribution in [-0.4, -0.2) is 27.3 Å². The molecule has 0 spiro atoms. The molecule has 0 aliphatic heterocycles. The van der Waals surface area contributed by atoms with Crippen molar-refractivity contribution in [3.05, 3.63) is 89.3 Å². The van der Waals surface area contributed by atoms with E-state index in [4.69, 9.17) is 11.3 Å². The van der Waals surface area contributed by atoms with Gasteiger partial charge in [-0.1, -0.05) is 24.8 Å². The third kappa shape index (κ3) is 5.06. The van der Waals surface area contributed by atoms with Crippen molar-refractivity contribution in [1.82, 2.24) is 25.5 Å². The van der Waals surface area contributed by atoms with E-state index in [1.54, 1.807) is 19.2 Å². The predicted octanol–water partition coefficient (Wildman–Crippen LogP) is 4.60. The molecule has 9 heteroatoms. The van der Waals surface area contributed by atoms with Gasteiger partial charge in [0.25, 0.3) is 5.82 Å². The van der Waals surface area contributed by atoms with Crippen LogP contribution in [0.4, 0.5) is 21.8 Å². The van der Waals surface area contributed by atoms with E-state index in [1.807, 2.05) is 24.3 Å². The van der Waals surface area contributed by atoms with Crippen LogP contribution in [-0.2, 0) is 13.1 Å². The fourth-order valence-electron chi connectivity index (χ4n) is 3.12. The Hall–Kier alpha value is -4.29. The van der Waals surface area contributed by atoms with Crippen LogP contribution in [0.3, 0.4) is 0 Å². The van der Waals surface area contributed by atoms with E-state index in [1.165, 1.54) is 24.5 Å². The lowest BCUT2D eigenvalue weighted by atomic mass is 10.1. The number of aromatic amines is 1. The van der Waals surface area contributed by atoms with E-state index in [0.29, 0.717) is 30.5 Å². The van der Waals surface area contributed by atoms with Gasteiger partial charge in [-0.3, -0.25) is 5.10 Å². The molecule has 0 radical (unpaired) electrons. The molecule has 0 saturated heterocycles. The zero-order valence-corrected chi connectivity index (χ0v) is 17.3. The minimum Gasteiger partial charge on any atom is -0.496 e. The fraction of sp³-hybridized carbons (Fsp3) is 0.130. The van der Waals surface area contributed by atoms with Gasteiger partial charge in [0.15, 0.2) is 17.8 Å². The zero-order valence-electron chi connectivity index (χ0n) is 17.3. The van der Waals surface area contributed by atoms with Gasteiger partial charge in [0.1, 0.15) is 11.6 Å². The molecule has 0 aliphatic rings. The predicted molar refractivity (Wildman–Crippen MR) is 119 cm³/mol. The lowest BCUT2D eigenvalue weighted by Gasteiger charge is -2.10. The minimum atomic E-state index is -0.239. The molecule has 2 aromatic heterocycles. The van der Waals surface area contributed by atoms with Crippen molar-refractivity contribution in [3.8, 4) is 17.0 Å². The molecule has 160 valence electrons. The second kappa shape index (κ2) is 9.68. The highest BCUT2D eigenvalue weighted by Crippen LogP contribution is 2.31. The largest absolute Gasteiger partial charge is 0.496 e. The van der Waals surface area contributed by atoms with Crippen molar-refractivity contribution in [3.63, 3.8) is 0 Å². The van der Waals surface area contributed by atoms with Crippen LogP contribution < -0.4 is 15.4 Å². The number of benzene rings is 2. The highest BCUT2D eigenvalue weighted by molar-refractivity contribution is 5.71. The molecule has 0 saturated carbocycles. The maximum Gasteiger partial charge on any atom is 0.288 e. The fourth-order valence-corrected chi connectivity index (χ4v) is 3.12. The first-order valence-corrected chi connectivity index (χ1v) is 9.79. The Kier molecular flexibility index (Phi) is 6.34. The average Bonchev–Trinajstić information content (AvgIpc) is 3.29. The first-order chi connectivity index (χ1) is 15.6. The first kappa shape index (κ1) is 21.0. The Bertz CT molecular complexity index is 1230. The number of halogens is 1. The molecule has 3 N–H and O–H groups in total. The molecule has 8 nitrogen and oxygen atoms in total. The van der Waals surface area contributed by atoms with Gasteiger partial charge in [-0.25, -0.2) is 9.37 Å². The molecule has 0 aliphatic carbocycles. The van der Waals surface area contributed by atoms with E-state index >= 15 is 0 Å². The summed E-state index contributed by atoms with van der Waals surface area (Å²) in [5.41, 5.74) is 3.72. The van der Waals surface area contributed by atoms with Gasteiger partial charge in [0, 0.05) is 24.7 Å². The van der Waals surface area contributed by atoms with E-state index in [9.17, 15) is 4.39 Å². The summed E-state index contributed by atoms with van der Waals surface area (Å²) in [7, 11) is 1.62. The first-order valence-electron chi connectivity index (χ1n) is 9.79. The number of nitrogens with zero attached hydrogens (tertiary/aromatic N) is 4. The Morgan fingerprint density at radius 1 is 1.00 bits per heavy atom. The van der Waals surface area contributed by atoms with Gasteiger partial charge in [-0.15, -0.1) is 4.98 Å². The number of rotatable bonds is 8. The van der Waals surface area contributed by atoms with Crippen molar-refractivity contribution < 1.29 is 9.13 Å². The lowest BCUT2D eigenvalue weighted by molar-refractivity contribution is 0.415. The molecule has 0 amide bonds. The summed E-state index contributed by atoms with van der Waals surface area (Å²) in [5, 5.41) is 13.6. The lowest BCUT2D eigenvalue weighted by Crippen LogP contribution is -2.12. The van der Waals surface area contributed by atoms with Gasteiger partial charge >= 0.3 is 0 Å². The Morgan fingerprint density at radius 2 is 1.78 bits per heavy atom. The SMILES string of the molecule is [C-]#[N+]c1cnc(Nc2cc(-c3ccc(CNCc4ccc(F)cc4)cc3OC)[nH]n2)cn1. The quantitative estimate of drug-likeness (QED) is 0.355. The molecule has 2 heterocycles. The van der Waals surface area contributed by atoms with Gasteiger partial charge in [0.2, 0.25) is 0 Å². The summed E-state index contributed by atoms with van der Waals surface area (Å²) < 4.78 is 18.6. The summed E-state index contributed by atoms with van der Waals surface area (Å²) in [5.74, 6) is 1.76. The number of methoxy groups -OCH3 is 1. The summed E-state index contributed by atoms with van der Waals surface area (Å²) in [6.45, 7) is 8.21. The number of H-pyrrole nitrogens is 1. The smallest absolute Gasteiger partial charge is 0.288 e. The zero-order chi connectivity index (χ0) is 22.3. The van der Waals surface area contributed by atoms with E-state index < -0.39 is 0 Å². The second-order valence-electron chi connectivity index (χ2n) is 6.93. The van der Waals surface area contributed by atoms with Gasteiger partial charge in [-0.05, 0) is 35.4 Å². The van der Waals surface area contributed by atoms with Crippen molar-refractivity contribution >= 4 is 17.5 Å². The van der Waals surface area contributed by atoms with Crippen molar-refractivity contribution in [2.75, 3.05) is 12.4 Å². The van der Waals surface area contributed by atoms with Crippen LogP contribution >= 0.6 is 0 Å². The standard InChI is InChI=1S/C23H20FN7O/c1-25-22-13-28-23(14-27-22)29-21-10-19(30-31-21)18-8-5-16(9-20(18)32-2)12-26-11-15-3-6-17(24)7-4-15/h3-10,13-14,26H,11-12H2,2H3,(H2,28,29,30,31). The highest BCUT2D eigenvalue weighted by Gasteiger charge is 2.11. The number of hydrogen-bond acceptors (Lipinski definition) is 6. The molecule has 0 fully saturated rings. The number of nitrogens with one attached hydrogen (secondary N) is 3. The maximum atomic E-state index is 13.0. The molecule has 2 aromatic carbocycles. The molecule has 32 heavy (non-hydrogen) atoms. The van der Waals surface area contributed by atoms with Crippen LogP contribution in [0.5, 0.6) is 5.75 Å². The average molecular weight is 429 g/mol. The van der Waals surface area contributed by atoms with Crippen molar-refractivity contribution in [2.45, 2.75) is 13.1 Å². The minimum absolute atomic E-state index is 0.232. The van der Waals surface area contributed by atoms with Gasteiger partial charge in [0.05, 0.1) is 19.0 Å². The summed E-state index contributed by atoms with van der Waals surface area (Å²) in [4.78, 5) is 11.3. The van der Waals surface area contributed by atoms with Gasteiger partial charge < -0.3 is 20.2 Å². The van der Waals surface area contributed by atoms with Crippen molar-refractivity contribution in [2.24, 2.45) is 0 Å². The Labute approximate surface area is 184 Å². The molecule has 0 unspecified atom stereocenters. The normalized spacial score (nSPS) is 10.5. The van der Waals surface area contributed by atoms with Crippen LogP contribution in [0.2, 0.25) is 0 Å². The molecular weight excluding hydrogens is 409 g/mol.